The van der Waals surface area contributed by atoms with Crippen molar-refractivity contribution in [2.45, 2.75) is 13.0 Å². The van der Waals surface area contributed by atoms with Crippen molar-refractivity contribution in [2.24, 2.45) is 5.73 Å². The summed E-state index contributed by atoms with van der Waals surface area (Å²) >= 11 is 5.91. The first kappa shape index (κ1) is 13.0. The number of nitriles is 1. The molecule has 1 aromatic rings. The predicted octanol–water partition coefficient (Wildman–Crippen LogP) is 2.01. The number of hydrogen-bond acceptors (Lipinski definition) is 3. The van der Waals surface area contributed by atoms with Gasteiger partial charge in [0.05, 0.1) is 6.07 Å². The molecule has 0 fully saturated rings. The van der Waals surface area contributed by atoms with Crippen LogP contribution in [0.1, 0.15) is 12.0 Å². The molecule has 1 rings (SSSR count). The largest absolute Gasteiger partial charge is 0.329 e. The molecule has 0 aromatic heterocycles. The molecule has 3 nitrogen and oxygen atoms in total. The fraction of sp³-hybridized carbons (Fsp3) is 0.417. The molecule has 0 aliphatic carbocycles. The summed E-state index contributed by atoms with van der Waals surface area (Å²) in [5.74, 6) is 0. The lowest BCUT2D eigenvalue weighted by Crippen LogP contribution is -2.29. The lowest BCUT2D eigenvalue weighted by atomic mass is 10.2. The minimum Gasteiger partial charge on any atom is -0.329 e. The van der Waals surface area contributed by atoms with Crippen LogP contribution in [0.4, 0.5) is 0 Å². The Bertz CT molecular complexity index is 360. The molecule has 0 amide bonds. The van der Waals surface area contributed by atoms with Crippen molar-refractivity contribution >= 4 is 11.6 Å². The highest BCUT2D eigenvalue weighted by Gasteiger charge is 2.04. The van der Waals surface area contributed by atoms with E-state index in [1.54, 1.807) is 0 Å². The molecule has 0 saturated carbocycles. The van der Waals surface area contributed by atoms with Crippen molar-refractivity contribution in [1.29, 1.82) is 5.26 Å². The molecule has 0 heterocycles. The maximum Gasteiger partial charge on any atom is 0.0635 e. The quantitative estimate of drug-likeness (QED) is 0.824. The topological polar surface area (TPSA) is 53.0 Å². The molecular weight excluding hydrogens is 222 g/mol. The van der Waals surface area contributed by atoms with E-state index in [4.69, 9.17) is 22.6 Å². The first-order valence-electron chi connectivity index (χ1n) is 5.30. The van der Waals surface area contributed by atoms with Gasteiger partial charge >= 0.3 is 0 Å². The third-order valence-corrected chi connectivity index (χ3v) is 2.52. The molecule has 0 saturated heterocycles. The maximum absolute atomic E-state index is 8.56. The Kier molecular flexibility index (Phi) is 5.87. The first-order chi connectivity index (χ1) is 7.76. The Morgan fingerprint density at radius 2 is 2.19 bits per heavy atom. The van der Waals surface area contributed by atoms with E-state index in [1.807, 2.05) is 24.3 Å². The Labute approximate surface area is 101 Å². The molecule has 0 unspecified atom stereocenters. The van der Waals surface area contributed by atoms with E-state index >= 15 is 0 Å². The van der Waals surface area contributed by atoms with Crippen molar-refractivity contribution in [1.82, 2.24) is 4.90 Å². The Morgan fingerprint density at radius 1 is 1.38 bits per heavy atom. The van der Waals surface area contributed by atoms with Crippen LogP contribution in [-0.4, -0.2) is 24.5 Å². The number of nitrogens with zero attached hydrogens (tertiary/aromatic N) is 2. The summed E-state index contributed by atoms with van der Waals surface area (Å²) < 4.78 is 0. The zero-order valence-corrected chi connectivity index (χ0v) is 9.95. The van der Waals surface area contributed by atoms with E-state index in [9.17, 15) is 0 Å². The van der Waals surface area contributed by atoms with Gasteiger partial charge in [0.2, 0.25) is 0 Å². The third-order valence-electron chi connectivity index (χ3n) is 2.28. The van der Waals surface area contributed by atoms with Crippen LogP contribution in [0.5, 0.6) is 0 Å². The smallest absolute Gasteiger partial charge is 0.0635 e. The molecule has 86 valence electrons. The van der Waals surface area contributed by atoms with Crippen LogP contribution in [0.3, 0.4) is 0 Å². The zero-order chi connectivity index (χ0) is 11.8. The summed E-state index contributed by atoms with van der Waals surface area (Å²) in [5, 5.41) is 9.31. The molecule has 1 aromatic carbocycles. The van der Waals surface area contributed by atoms with Crippen LogP contribution in [0.25, 0.3) is 0 Å². The highest BCUT2D eigenvalue weighted by atomic mass is 35.5. The molecule has 0 spiro atoms. The fourth-order valence-corrected chi connectivity index (χ4v) is 1.77. The summed E-state index contributed by atoms with van der Waals surface area (Å²) in [5.41, 5.74) is 6.69. The molecule has 0 aliphatic heterocycles. The summed E-state index contributed by atoms with van der Waals surface area (Å²) in [7, 11) is 0. The van der Waals surface area contributed by atoms with E-state index in [1.165, 1.54) is 0 Å². The Balaban J connectivity index is 2.57. The second kappa shape index (κ2) is 7.24. The van der Waals surface area contributed by atoms with Crippen LogP contribution < -0.4 is 5.73 Å². The average molecular weight is 238 g/mol. The average Bonchev–Trinajstić information content (AvgIpc) is 2.26. The fourth-order valence-electron chi connectivity index (χ4n) is 1.55. The molecule has 16 heavy (non-hydrogen) atoms. The SMILES string of the molecule is N#CCCN(CCN)Cc1cccc(Cl)c1. The third kappa shape index (κ3) is 4.63. The Hall–Kier alpha value is -1.08. The summed E-state index contributed by atoms with van der Waals surface area (Å²) in [6, 6.07) is 9.90. The van der Waals surface area contributed by atoms with Gasteiger partial charge in [-0.3, -0.25) is 4.90 Å². The van der Waals surface area contributed by atoms with Gasteiger partial charge in [-0.15, -0.1) is 0 Å². The van der Waals surface area contributed by atoms with Gasteiger partial charge in [0.25, 0.3) is 0 Å². The highest BCUT2D eigenvalue weighted by molar-refractivity contribution is 6.30. The van der Waals surface area contributed by atoms with Gasteiger partial charge in [0, 0.05) is 37.6 Å². The summed E-state index contributed by atoms with van der Waals surface area (Å²) in [6.45, 7) is 2.94. The number of hydrogen-bond donors (Lipinski definition) is 1. The normalized spacial score (nSPS) is 10.4. The Morgan fingerprint density at radius 3 is 2.81 bits per heavy atom. The van der Waals surface area contributed by atoms with E-state index in [2.05, 4.69) is 11.0 Å². The van der Waals surface area contributed by atoms with Gasteiger partial charge in [-0.05, 0) is 17.7 Å². The lowest BCUT2D eigenvalue weighted by Gasteiger charge is -2.20. The number of halogens is 1. The van der Waals surface area contributed by atoms with Crippen LogP contribution in [0, 0.1) is 11.3 Å². The molecule has 0 bridgehead atoms. The van der Waals surface area contributed by atoms with Gasteiger partial charge < -0.3 is 5.73 Å². The first-order valence-corrected chi connectivity index (χ1v) is 5.68. The van der Waals surface area contributed by atoms with Gasteiger partial charge in [-0.1, -0.05) is 23.7 Å². The summed E-state index contributed by atoms with van der Waals surface area (Å²) in [4.78, 5) is 2.16. The van der Waals surface area contributed by atoms with E-state index in [0.29, 0.717) is 13.0 Å². The second-order valence-corrected chi connectivity index (χ2v) is 4.04. The number of benzene rings is 1. The molecule has 0 atom stereocenters. The standard InChI is InChI=1S/C12H16ClN3/c13-12-4-1-3-11(9-12)10-16(8-6-15)7-2-5-14/h1,3-4,9H,2,6-8,10,15H2. The van der Waals surface area contributed by atoms with Crippen molar-refractivity contribution in [2.75, 3.05) is 19.6 Å². The van der Waals surface area contributed by atoms with Crippen LogP contribution in [0.2, 0.25) is 5.02 Å². The summed E-state index contributed by atoms with van der Waals surface area (Å²) in [6.07, 6.45) is 0.528. The van der Waals surface area contributed by atoms with Crippen LogP contribution >= 0.6 is 11.6 Å². The van der Waals surface area contributed by atoms with Crippen molar-refractivity contribution < 1.29 is 0 Å². The second-order valence-electron chi connectivity index (χ2n) is 3.60. The van der Waals surface area contributed by atoms with E-state index in [-0.39, 0.29) is 0 Å². The van der Waals surface area contributed by atoms with Crippen molar-refractivity contribution in [3.8, 4) is 6.07 Å². The van der Waals surface area contributed by atoms with Gasteiger partial charge in [-0.2, -0.15) is 5.26 Å². The number of rotatable bonds is 6. The maximum atomic E-state index is 8.56. The zero-order valence-electron chi connectivity index (χ0n) is 9.19. The lowest BCUT2D eigenvalue weighted by molar-refractivity contribution is 0.279. The highest BCUT2D eigenvalue weighted by Crippen LogP contribution is 2.12. The van der Waals surface area contributed by atoms with Crippen LogP contribution in [-0.2, 0) is 6.54 Å². The molecule has 2 N–H and O–H groups in total. The van der Waals surface area contributed by atoms with Gasteiger partial charge in [-0.25, -0.2) is 0 Å². The van der Waals surface area contributed by atoms with Crippen LogP contribution in [0.15, 0.2) is 24.3 Å². The molecular formula is C12H16ClN3. The van der Waals surface area contributed by atoms with Crippen molar-refractivity contribution in [3.05, 3.63) is 34.9 Å². The minimum absolute atomic E-state index is 0.528. The van der Waals surface area contributed by atoms with E-state index in [0.717, 1.165) is 30.2 Å². The molecule has 0 aliphatic rings. The van der Waals surface area contributed by atoms with Gasteiger partial charge in [0.1, 0.15) is 0 Å². The van der Waals surface area contributed by atoms with Crippen molar-refractivity contribution in [3.63, 3.8) is 0 Å². The monoisotopic (exact) mass is 237 g/mol. The molecule has 0 radical (unpaired) electrons. The minimum atomic E-state index is 0.528. The number of nitrogens with two attached hydrogens (primary N) is 1. The molecule has 4 heteroatoms. The van der Waals surface area contributed by atoms with Gasteiger partial charge in [0.15, 0.2) is 0 Å². The van der Waals surface area contributed by atoms with E-state index < -0.39 is 0 Å². The predicted molar refractivity (Wildman–Crippen MR) is 66.0 cm³/mol.